The van der Waals surface area contributed by atoms with Gasteiger partial charge in [-0.05, 0) is 18.8 Å². The van der Waals surface area contributed by atoms with Gasteiger partial charge in [-0.3, -0.25) is 9.59 Å². The minimum absolute atomic E-state index is 0.00252. The van der Waals surface area contributed by atoms with Crippen molar-refractivity contribution in [3.63, 3.8) is 0 Å². The summed E-state index contributed by atoms with van der Waals surface area (Å²) in [5.74, 6) is -0.518. The lowest BCUT2D eigenvalue weighted by molar-refractivity contribution is -0.142. The quantitative estimate of drug-likeness (QED) is 0.778. The Morgan fingerprint density at radius 1 is 1.40 bits per heavy atom. The third kappa shape index (κ3) is 4.20. The van der Waals surface area contributed by atoms with Crippen LogP contribution in [-0.4, -0.2) is 47.7 Å². The molecule has 0 aromatic rings. The van der Waals surface area contributed by atoms with Gasteiger partial charge >= 0.3 is 5.97 Å². The van der Waals surface area contributed by atoms with Crippen molar-refractivity contribution in [3.05, 3.63) is 0 Å². The molecule has 5 nitrogen and oxygen atoms in total. The maximum absolute atomic E-state index is 12.7. The zero-order chi connectivity index (χ0) is 15.3. The van der Waals surface area contributed by atoms with Crippen LogP contribution in [0.25, 0.3) is 0 Å². The lowest BCUT2D eigenvalue weighted by Crippen LogP contribution is -2.42. The van der Waals surface area contributed by atoms with E-state index >= 15 is 0 Å². The zero-order valence-electron chi connectivity index (χ0n) is 13.0. The monoisotopic (exact) mass is 285 g/mol. The summed E-state index contributed by atoms with van der Waals surface area (Å²) in [5, 5.41) is 9.00. The summed E-state index contributed by atoms with van der Waals surface area (Å²) in [4.78, 5) is 25.4. The second kappa shape index (κ2) is 7.62. The van der Waals surface area contributed by atoms with Gasteiger partial charge in [0, 0.05) is 25.6 Å². The summed E-state index contributed by atoms with van der Waals surface area (Å²) in [6.07, 6.45) is 2.39. The molecule has 0 aromatic heterocycles. The van der Waals surface area contributed by atoms with Crippen molar-refractivity contribution >= 4 is 11.9 Å². The van der Waals surface area contributed by atoms with E-state index in [-0.39, 0.29) is 36.3 Å². The third-order valence-electron chi connectivity index (χ3n) is 4.12. The number of carbonyl (C=O) groups is 2. The number of amides is 1. The molecule has 0 aromatic carbocycles. The van der Waals surface area contributed by atoms with Crippen molar-refractivity contribution < 1.29 is 19.4 Å². The summed E-state index contributed by atoms with van der Waals surface area (Å²) in [5.41, 5.74) is 0. The highest BCUT2D eigenvalue weighted by Gasteiger charge is 2.39. The molecule has 5 heteroatoms. The molecular formula is C15H27NO4. The van der Waals surface area contributed by atoms with E-state index in [9.17, 15) is 9.59 Å². The van der Waals surface area contributed by atoms with Crippen molar-refractivity contribution in [2.75, 3.05) is 13.7 Å². The van der Waals surface area contributed by atoms with Crippen LogP contribution in [0.5, 0.6) is 0 Å². The number of carboxylic acid groups (broad SMARTS) is 1. The van der Waals surface area contributed by atoms with Crippen LogP contribution in [0.3, 0.4) is 0 Å². The third-order valence-corrected chi connectivity index (χ3v) is 4.12. The van der Waals surface area contributed by atoms with Crippen molar-refractivity contribution in [1.29, 1.82) is 0 Å². The lowest BCUT2D eigenvalue weighted by Gasteiger charge is -2.29. The molecular weight excluding hydrogens is 258 g/mol. The first kappa shape index (κ1) is 17.0. The van der Waals surface area contributed by atoms with Crippen LogP contribution in [0.4, 0.5) is 0 Å². The molecule has 3 unspecified atom stereocenters. The minimum Gasteiger partial charge on any atom is -0.481 e. The largest absolute Gasteiger partial charge is 0.481 e. The molecule has 1 aliphatic heterocycles. The van der Waals surface area contributed by atoms with Crippen LogP contribution in [0.2, 0.25) is 0 Å². The number of methoxy groups -OCH3 is 1. The summed E-state index contributed by atoms with van der Waals surface area (Å²) in [6, 6.07) is -0.233. The molecule has 1 aliphatic rings. The zero-order valence-corrected chi connectivity index (χ0v) is 13.0. The Bertz CT molecular complexity index is 343. The molecule has 0 aliphatic carbocycles. The van der Waals surface area contributed by atoms with Gasteiger partial charge in [-0.2, -0.15) is 0 Å². The molecule has 1 heterocycles. The van der Waals surface area contributed by atoms with Gasteiger partial charge in [0.25, 0.3) is 0 Å². The topological polar surface area (TPSA) is 66.8 Å². The Morgan fingerprint density at radius 2 is 2.05 bits per heavy atom. The van der Waals surface area contributed by atoms with Gasteiger partial charge in [-0.15, -0.1) is 0 Å². The molecule has 1 saturated heterocycles. The van der Waals surface area contributed by atoms with Gasteiger partial charge in [0.2, 0.25) is 5.91 Å². The van der Waals surface area contributed by atoms with Crippen LogP contribution in [0, 0.1) is 11.8 Å². The first-order valence-corrected chi connectivity index (χ1v) is 7.45. The predicted octanol–water partition coefficient (Wildman–Crippen LogP) is 2.15. The van der Waals surface area contributed by atoms with Crippen LogP contribution in [-0.2, 0) is 14.3 Å². The number of nitrogens with zero attached hydrogens (tertiary/aromatic N) is 1. The van der Waals surface area contributed by atoms with Crippen LogP contribution in [0.15, 0.2) is 0 Å². The van der Waals surface area contributed by atoms with Gasteiger partial charge in [0.05, 0.1) is 12.5 Å². The number of carbonyl (C=O) groups excluding carboxylic acids is 1. The van der Waals surface area contributed by atoms with Gasteiger partial charge in [-0.25, -0.2) is 0 Å². The molecule has 1 amide bonds. The van der Waals surface area contributed by atoms with E-state index in [2.05, 4.69) is 6.92 Å². The molecule has 1 rings (SSSR count). The Kier molecular flexibility index (Phi) is 6.46. The van der Waals surface area contributed by atoms with Crippen molar-refractivity contribution in [2.24, 2.45) is 11.8 Å². The molecule has 20 heavy (non-hydrogen) atoms. The average molecular weight is 285 g/mol. The average Bonchev–Trinajstić information content (AvgIpc) is 2.77. The fourth-order valence-corrected chi connectivity index (χ4v) is 2.98. The Hall–Kier alpha value is -1.10. The normalized spacial score (nSPS) is 24.1. The standard InChI is InChI=1S/C15H27NO4/c1-5-6-13(10(2)3)15(19)16-9-12(20-4)7-11(16)8-14(17)18/h10-13H,5-9H2,1-4H3,(H,17,18). The highest BCUT2D eigenvalue weighted by molar-refractivity contribution is 5.80. The smallest absolute Gasteiger partial charge is 0.305 e. The van der Waals surface area contributed by atoms with E-state index in [1.54, 1.807) is 12.0 Å². The van der Waals surface area contributed by atoms with Crippen molar-refractivity contribution in [3.8, 4) is 0 Å². The summed E-state index contributed by atoms with van der Waals surface area (Å²) >= 11 is 0. The number of hydrogen-bond donors (Lipinski definition) is 1. The molecule has 0 saturated carbocycles. The highest BCUT2D eigenvalue weighted by Crippen LogP contribution is 2.28. The number of likely N-dealkylation sites (tertiary alicyclic amines) is 1. The first-order chi connectivity index (χ1) is 9.40. The van der Waals surface area contributed by atoms with Gasteiger partial charge < -0.3 is 14.7 Å². The number of hydrogen-bond acceptors (Lipinski definition) is 3. The number of ether oxygens (including phenoxy) is 1. The highest BCUT2D eigenvalue weighted by atomic mass is 16.5. The predicted molar refractivity (Wildman–Crippen MR) is 76.4 cm³/mol. The molecule has 116 valence electrons. The van der Waals surface area contributed by atoms with Gasteiger partial charge in [0.15, 0.2) is 0 Å². The maximum Gasteiger partial charge on any atom is 0.305 e. The molecule has 0 bridgehead atoms. The van der Waals surface area contributed by atoms with Crippen LogP contribution in [0.1, 0.15) is 46.5 Å². The SMILES string of the molecule is CCCC(C(=O)N1CC(OC)CC1CC(=O)O)C(C)C. The summed E-state index contributed by atoms with van der Waals surface area (Å²) < 4.78 is 5.32. The van der Waals surface area contributed by atoms with Gasteiger partial charge in [0.1, 0.15) is 0 Å². The van der Waals surface area contributed by atoms with E-state index in [0.717, 1.165) is 12.8 Å². The summed E-state index contributed by atoms with van der Waals surface area (Å²) in [6.45, 7) is 6.68. The van der Waals surface area contributed by atoms with Crippen molar-refractivity contribution in [2.45, 2.75) is 58.6 Å². The van der Waals surface area contributed by atoms with Crippen molar-refractivity contribution in [1.82, 2.24) is 4.90 Å². The second-order valence-electron chi connectivity index (χ2n) is 5.97. The fourth-order valence-electron chi connectivity index (χ4n) is 2.98. The first-order valence-electron chi connectivity index (χ1n) is 7.45. The molecule has 3 atom stereocenters. The van der Waals surface area contributed by atoms with E-state index in [0.29, 0.717) is 13.0 Å². The number of carboxylic acids is 1. The molecule has 0 radical (unpaired) electrons. The fraction of sp³-hybridized carbons (Fsp3) is 0.867. The Balaban J connectivity index is 2.82. The lowest BCUT2D eigenvalue weighted by atomic mass is 9.89. The van der Waals surface area contributed by atoms with Gasteiger partial charge in [-0.1, -0.05) is 27.2 Å². The van der Waals surface area contributed by atoms with Crippen LogP contribution >= 0.6 is 0 Å². The van der Waals surface area contributed by atoms with Crippen LogP contribution < -0.4 is 0 Å². The molecule has 1 N–H and O–H groups in total. The summed E-state index contributed by atoms with van der Waals surface area (Å²) in [7, 11) is 1.61. The minimum atomic E-state index is -0.860. The van der Waals surface area contributed by atoms with E-state index in [4.69, 9.17) is 9.84 Å². The molecule has 1 fully saturated rings. The van der Waals surface area contributed by atoms with E-state index in [1.165, 1.54) is 0 Å². The Morgan fingerprint density at radius 3 is 2.50 bits per heavy atom. The van der Waals surface area contributed by atoms with E-state index < -0.39 is 5.97 Å². The number of rotatable bonds is 7. The molecule has 0 spiro atoms. The Labute approximate surface area is 121 Å². The maximum atomic E-state index is 12.7. The van der Waals surface area contributed by atoms with E-state index in [1.807, 2.05) is 13.8 Å². The number of aliphatic carboxylic acids is 1. The second-order valence-corrected chi connectivity index (χ2v) is 5.97.